The minimum absolute atomic E-state index is 0.314. The number of nitrogens with two attached hydrogens (primary N) is 1. The van der Waals surface area contributed by atoms with Crippen molar-refractivity contribution >= 4 is 39.1 Å². The first kappa shape index (κ1) is 18.8. The van der Waals surface area contributed by atoms with Crippen molar-refractivity contribution in [2.75, 3.05) is 0 Å². The molecule has 0 bridgehead atoms. The number of rotatable bonds is 5. The lowest BCUT2D eigenvalue weighted by Gasteiger charge is -2.18. The Hall–Kier alpha value is -1.96. The molecule has 0 spiro atoms. The van der Waals surface area contributed by atoms with Crippen molar-refractivity contribution in [1.82, 2.24) is 0 Å². The Labute approximate surface area is 161 Å². The number of ether oxygens (including phenoxy) is 1. The number of allylic oxidation sites excluding steroid dienone is 3. The van der Waals surface area contributed by atoms with Crippen LogP contribution in [0.5, 0.6) is 0 Å². The topological polar surface area (TPSA) is 95.7 Å². The molecule has 1 aliphatic heterocycles. The maximum absolute atomic E-state index is 12.5. The van der Waals surface area contributed by atoms with Crippen LogP contribution in [0.4, 0.5) is 0 Å². The minimum Gasteiger partial charge on any atom is -0.460 e. The number of ketones is 1. The normalized spacial score (nSPS) is 20.9. The van der Waals surface area contributed by atoms with Crippen molar-refractivity contribution in [1.29, 1.82) is 0 Å². The molecule has 6 nitrogen and oxygen atoms in total. The fourth-order valence-corrected chi connectivity index (χ4v) is 4.09. The van der Waals surface area contributed by atoms with E-state index in [0.717, 1.165) is 0 Å². The molecule has 0 fully saturated rings. The molecule has 1 atom stereocenters. The van der Waals surface area contributed by atoms with E-state index in [2.05, 4.69) is 0 Å². The molecule has 9 heteroatoms. The fourth-order valence-electron chi connectivity index (χ4n) is 2.63. The highest BCUT2D eigenvalue weighted by Crippen LogP contribution is 2.35. The second kappa shape index (κ2) is 7.34. The molecule has 2 N–H and O–H groups in total. The van der Waals surface area contributed by atoms with Gasteiger partial charge in [0.15, 0.2) is 6.10 Å². The van der Waals surface area contributed by atoms with E-state index in [1.54, 1.807) is 30.3 Å². The van der Waals surface area contributed by atoms with Crippen LogP contribution in [0.3, 0.4) is 0 Å². The Balaban J connectivity index is 1.76. The summed E-state index contributed by atoms with van der Waals surface area (Å²) in [5.41, 5.74) is 6.76. The highest BCUT2D eigenvalue weighted by atomic mass is 35.5. The minimum atomic E-state index is -4.07. The highest BCUT2D eigenvalue weighted by molar-refractivity contribution is 7.86. The van der Waals surface area contributed by atoms with Crippen molar-refractivity contribution < 1.29 is 22.1 Å². The van der Waals surface area contributed by atoms with Gasteiger partial charge in [0.1, 0.15) is 5.75 Å². The summed E-state index contributed by atoms with van der Waals surface area (Å²) in [5.74, 6) is -1.93. The van der Waals surface area contributed by atoms with Gasteiger partial charge in [0.2, 0.25) is 17.4 Å². The molecular weight excluding hydrogens is 401 g/mol. The third kappa shape index (κ3) is 4.06. The lowest BCUT2D eigenvalue weighted by molar-refractivity contribution is -0.121. The highest BCUT2D eigenvalue weighted by Gasteiger charge is 2.41. The molecule has 26 heavy (non-hydrogen) atoms. The van der Waals surface area contributed by atoms with Crippen LogP contribution >= 0.6 is 23.2 Å². The van der Waals surface area contributed by atoms with E-state index in [1.165, 1.54) is 6.08 Å². The summed E-state index contributed by atoms with van der Waals surface area (Å²) >= 11 is 11.9. The zero-order valence-corrected chi connectivity index (χ0v) is 15.8. The van der Waals surface area contributed by atoms with E-state index in [4.69, 9.17) is 37.9 Å². The van der Waals surface area contributed by atoms with Crippen molar-refractivity contribution in [2.45, 2.75) is 24.7 Å². The first-order valence-electron chi connectivity index (χ1n) is 7.68. The monoisotopic (exact) mass is 415 g/mol. The number of halogens is 2. The molecule has 0 aromatic heterocycles. The van der Waals surface area contributed by atoms with Crippen molar-refractivity contribution in [3.63, 3.8) is 0 Å². The van der Waals surface area contributed by atoms with Crippen LogP contribution in [0.25, 0.3) is 0 Å². The van der Waals surface area contributed by atoms with Crippen LogP contribution in [-0.2, 0) is 29.6 Å². The Morgan fingerprint density at radius 1 is 1.19 bits per heavy atom. The zero-order chi connectivity index (χ0) is 18.9. The first-order chi connectivity index (χ1) is 12.3. The van der Waals surface area contributed by atoms with Gasteiger partial charge in [-0.3, -0.25) is 4.79 Å². The molecule has 0 amide bonds. The van der Waals surface area contributed by atoms with Gasteiger partial charge in [0.05, 0.1) is 5.03 Å². The molecule has 1 aromatic rings. The molecule has 1 aromatic carbocycles. The number of Topliss-reactive ketones (excluding diaryl/α,β-unsaturated/α-hetero) is 1. The molecule has 138 valence electrons. The maximum atomic E-state index is 12.5. The van der Waals surface area contributed by atoms with Crippen LogP contribution in [0.2, 0.25) is 0 Å². The van der Waals surface area contributed by atoms with Crippen LogP contribution < -0.4 is 5.73 Å². The molecule has 1 unspecified atom stereocenters. The zero-order valence-electron chi connectivity index (χ0n) is 13.4. The molecule has 1 aliphatic carbocycles. The van der Waals surface area contributed by atoms with Gasteiger partial charge in [-0.2, -0.15) is 8.42 Å². The summed E-state index contributed by atoms with van der Waals surface area (Å²) in [5, 5.41) is 0.803. The summed E-state index contributed by atoms with van der Waals surface area (Å²) in [6.45, 7) is 0. The molecule has 2 aliphatic rings. The third-order valence-corrected chi connectivity index (χ3v) is 5.80. The van der Waals surface area contributed by atoms with E-state index in [-0.39, 0.29) is 5.88 Å². The van der Waals surface area contributed by atoms with Crippen molar-refractivity contribution in [2.24, 2.45) is 5.73 Å². The SMILES string of the molecule is NC1=C(OS(=O)(=O)Cc2ccccc2)C(=O)C(C2=CC(Cl)=C(Cl)CC2)O1. The van der Waals surface area contributed by atoms with E-state index in [1.807, 2.05) is 0 Å². The molecule has 1 heterocycles. The van der Waals surface area contributed by atoms with Gasteiger partial charge in [-0.25, -0.2) is 0 Å². The third-order valence-electron chi connectivity index (χ3n) is 3.87. The quantitative estimate of drug-likeness (QED) is 0.742. The smallest absolute Gasteiger partial charge is 0.313 e. The van der Waals surface area contributed by atoms with Gasteiger partial charge in [-0.15, -0.1) is 0 Å². The van der Waals surface area contributed by atoms with Gasteiger partial charge < -0.3 is 14.7 Å². The van der Waals surface area contributed by atoms with Gasteiger partial charge in [0.25, 0.3) is 0 Å². The van der Waals surface area contributed by atoms with Crippen molar-refractivity contribution in [3.05, 3.63) is 69.3 Å². The summed E-state index contributed by atoms with van der Waals surface area (Å²) in [6.07, 6.45) is 1.38. The van der Waals surface area contributed by atoms with Gasteiger partial charge in [0, 0.05) is 5.03 Å². The lowest BCUT2D eigenvalue weighted by Crippen LogP contribution is -2.24. The van der Waals surface area contributed by atoms with E-state index in [0.29, 0.717) is 34.0 Å². The number of carbonyl (C=O) groups excluding carboxylic acids is 1. The Morgan fingerprint density at radius 2 is 1.88 bits per heavy atom. The molecule has 0 saturated heterocycles. The van der Waals surface area contributed by atoms with E-state index < -0.39 is 33.5 Å². The average Bonchev–Trinajstić information content (AvgIpc) is 2.85. The fraction of sp³-hybridized carbons (Fsp3) is 0.235. The predicted octanol–water partition coefficient (Wildman–Crippen LogP) is 3.04. The van der Waals surface area contributed by atoms with Gasteiger partial charge in [-0.05, 0) is 30.1 Å². The second-order valence-electron chi connectivity index (χ2n) is 5.80. The summed E-state index contributed by atoms with van der Waals surface area (Å²) in [7, 11) is -4.07. The van der Waals surface area contributed by atoms with E-state index in [9.17, 15) is 13.2 Å². The average molecular weight is 416 g/mol. The largest absolute Gasteiger partial charge is 0.460 e. The number of benzene rings is 1. The van der Waals surface area contributed by atoms with Gasteiger partial charge >= 0.3 is 10.1 Å². The van der Waals surface area contributed by atoms with Crippen LogP contribution in [0, 0.1) is 0 Å². The molecule has 0 saturated carbocycles. The summed E-state index contributed by atoms with van der Waals surface area (Å²) in [4.78, 5) is 12.5. The van der Waals surface area contributed by atoms with Gasteiger partial charge in [-0.1, -0.05) is 53.5 Å². The summed E-state index contributed by atoms with van der Waals surface area (Å²) in [6, 6.07) is 8.45. The number of hydrogen-bond donors (Lipinski definition) is 1. The standard InChI is InChI=1S/C17H15Cl2NO5S/c18-12-7-6-11(8-13(12)19)15-14(21)16(17(20)24-15)25-26(22,23)9-10-4-2-1-3-5-10/h1-5,8,15H,6-7,9,20H2. The van der Waals surface area contributed by atoms with Crippen LogP contribution in [-0.4, -0.2) is 20.3 Å². The maximum Gasteiger partial charge on any atom is 0.313 e. The molecular formula is C17H15Cl2NO5S. The lowest BCUT2D eigenvalue weighted by atomic mass is 9.97. The van der Waals surface area contributed by atoms with Crippen LogP contribution in [0.1, 0.15) is 18.4 Å². The predicted molar refractivity (Wildman–Crippen MR) is 97.3 cm³/mol. The molecule has 3 rings (SSSR count). The first-order valence-corrected chi connectivity index (χ1v) is 10.0. The molecule has 0 radical (unpaired) electrons. The Kier molecular flexibility index (Phi) is 5.32. The van der Waals surface area contributed by atoms with Crippen molar-refractivity contribution in [3.8, 4) is 0 Å². The number of hydrogen-bond acceptors (Lipinski definition) is 6. The Morgan fingerprint density at radius 3 is 2.54 bits per heavy atom. The Bertz CT molecular complexity index is 935. The summed E-state index contributed by atoms with van der Waals surface area (Å²) < 4.78 is 34.8. The second-order valence-corrected chi connectivity index (χ2v) is 8.23. The van der Waals surface area contributed by atoms with E-state index >= 15 is 0 Å². The van der Waals surface area contributed by atoms with Crippen LogP contribution in [0.15, 0.2) is 63.7 Å². The number of carbonyl (C=O) groups is 1.